The maximum atomic E-state index is 13.0. The third-order valence-corrected chi connectivity index (χ3v) is 5.05. The number of carbonyl (C=O) groups excluding carboxylic acids is 1. The Kier molecular flexibility index (Phi) is 5.74. The summed E-state index contributed by atoms with van der Waals surface area (Å²) in [6.07, 6.45) is 1.07. The number of halogens is 1. The Hall–Kier alpha value is -2.48. The standard InChI is InChI=1S/C18H22ClN5O3/c1-3-15(17(25)23-9-11(2)8-13(10-23)18(26)27)24-21-16(20-22-24)12-4-6-14(19)7-5-12/h4-7,11,13,15H,3,8-10H2,1-2H3,(H,26,27). The van der Waals surface area contributed by atoms with E-state index in [1.807, 2.05) is 13.8 Å². The van der Waals surface area contributed by atoms with Crippen LogP contribution in [0.3, 0.4) is 0 Å². The van der Waals surface area contributed by atoms with Crippen LogP contribution in [0.5, 0.6) is 0 Å². The predicted octanol–water partition coefficient (Wildman–Crippen LogP) is 2.51. The molecule has 0 aliphatic carbocycles. The van der Waals surface area contributed by atoms with Gasteiger partial charge < -0.3 is 10.0 Å². The summed E-state index contributed by atoms with van der Waals surface area (Å²) in [5, 5.41) is 22.4. The quantitative estimate of drug-likeness (QED) is 0.840. The molecule has 3 atom stereocenters. The number of likely N-dealkylation sites (tertiary alicyclic amines) is 1. The highest BCUT2D eigenvalue weighted by atomic mass is 35.5. The van der Waals surface area contributed by atoms with Gasteiger partial charge in [0.1, 0.15) is 0 Å². The smallest absolute Gasteiger partial charge is 0.308 e. The van der Waals surface area contributed by atoms with E-state index in [4.69, 9.17) is 11.6 Å². The second-order valence-electron chi connectivity index (χ2n) is 6.98. The molecular weight excluding hydrogens is 370 g/mol. The van der Waals surface area contributed by atoms with Gasteiger partial charge in [-0.25, -0.2) is 0 Å². The number of aromatic nitrogens is 4. The minimum Gasteiger partial charge on any atom is -0.481 e. The van der Waals surface area contributed by atoms with Gasteiger partial charge >= 0.3 is 5.97 Å². The zero-order valence-electron chi connectivity index (χ0n) is 15.2. The highest BCUT2D eigenvalue weighted by Crippen LogP contribution is 2.25. The minimum atomic E-state index is -0.865. The monoisotopic (exact) mass is 391 g/mol. The molecule has 27 heavy (non-hydrogen) atoms. The number of aliphatic carboxylic acids is 1. The molecule has 2 aromatic rings. The van der Waals surface area contributed by atoms with Crippen LogP contribution in [0.1, 0.15) is 32.7 Å². The first-order chi connectivity index (χ1) is 12.9. The van der Waals surface area contributed by atoms with Crippen molar-refractivity contribution in [2.75, 3.05) is 13.1 Å². The predicted molar refractivity (Wildman–Crippen MR) is 99.1 cm³/mol. The molecule has 1 aliphatic rings. The highest BCUT2D eigenvalue weighted by molar-refractivity contribution is 6.30. The molecule has 0 spiro atoms. The molecule has 1 fully saturated rings. The SMILES string of the molecule is CCC(C(=O)N1CC(C)CC(C(=O)O)C1)n1nnc(-c2ccc(Cl)cc2)n1. The van der Waals surface area contributed by atoms with E-state index in [2.05, 4.69) is 15.4 Å². The normalized spacial score (nSPS) is 21.1. The largest absolute Gasteiger partial charge is 0.481 e. The van der Waals surface area contributed by atoms with Gasteiger partial charge in [0.25, 0.3) is 0 Å². The van der Waals surface area contributed by atoms with Gasteiger partial charge in [-0.15, -0.1) is 10.2 Å². The fourth-order valence-corrected chi connectivity index (χ4v) is 3.56. The van der Waals surface area contributed by atoms with Crippen molar-refractivity contribution >= 4 is 23.5 Å². The van der Waals surface area contributed by atoms with Crippen LogP contribution < -0.4 is 0 Å². The maximum absolute atomic E-state index is 13.0. The Morgan fingerprint density at radius 2 is 2.00 bits per heavy atom. The number of benzene rings is 1. The Labute approximate surface area is 162 Å². The zero-order valence-corrected chi connectivity index (χ0v) is 16.0. The van der Waals surface area contributed by atoms with E-state index in [9.17, 15) is 14.7 Å². The van der Waals surface area contributed by atoms with Gasteiger partial charge in [0, 0.05) is 23.7 Å². The van der Waals surface area contributed by atoms with Crippen LogP contribution in [0.15, 0.2) is 24.3 Å². The molecule has 1 aromatic carbocycles. The molecule has 0 bridgehead atoms. The minimum absolute atomic E-state index is 0.134. The van der Waals surface area contributed by atoms with E-state index in [1.165, 1.54) is 4.80 Å². The summed E-state index contributed by atoms with van der Waals surface area (Å²) >= 11 is 5.90. The second kappa shape index (κ2) is 8.04. The van der Waals surface area contributed by atoms with Crippen LogP contribution in [0.25, 0.3) is 11.4 Å². The number of tetrazole rings is 1. The molecule has 9 heteroatoms. The van der Waals surface area contributed by atoms with Crippen molar-refractivity contribution < 1.29 is 14.7 Å². The van der Waals surface area contributed by atoms with E-state index in [0.29, 0.717) is 30.2 Å². The lowest BCUT2D eigenvalue weighted by Gasteiger charge is -2.36. The van der Waals surface area contributed by atoms with Crippen LogP contribution in [0, 0.1) is 11.8 Å². The van der Waals surface area contributed by atoms with Crippen LogP contribution >= 0.6 is 11.6 Å². The lowest BCUT2D eigenvalue weighted by molar-refractivity contribution is -0.148. The van der Waals surface area contributed by atoms with Gasteiger partial charge in [-0.05, 0) is 48.2 Å². The number of rotatable bonds is 5. The first-order valence-corrected chi connectivity index (χ1v) is 9.33. The van der Waals surface area contributed by atoms with Gasteiger partial charge in [-0.2, -0.15) is 4.80 Å². The topological polar surface area (TPSA) is 101 Å². The lowest BCUT2D eigenvalue weighted by atomic mass is 9.90. The fraction of sp³-hybridized carbons (Fsp3) is 0.500. The summed E-state index contributed by atoms with van der Waals surface area (Å²) in [7, 11) is 0. The van der Waals surface area contributed by atoms with Crippen molar-refractivity contribution in [1.29, 1.82) is 0 Å². The number of hydrogen-bond acceptors (Lipinski definition) is 5. The van der Waals surface area contributed by atoms with E-state index in [-0.39, 0.29) is 18.4 Å². The second-order valence-corrected chi connectivity index (χ2v) is 7.42. The Bertz CT molecular complexity index is 823. The number of carbonyl (C=O) groups is 2. The first kappa shape index (κ1) is 19.3. The van der Waals surface area contributed by atoms with Crippen molar-refractivity contribution in [2.24, 2.45) is 11.8 Å². The van der Waals surface area contributed by atoms with Crippen molar-refractivity contribution in [3.63, 3.8) is 0 Å². The number of carboxylic acid groups (broad SMARTS) is 1. The van der Waals surface area contributed by atoms with Crippen LogP contribution in [0.2, 0.25) is 5.02 Å². The third kappa shape index (κ3) is 4.27. The van der Waals surface area contributed by atoms with Crippen LogP contribution in [-0.4, -0.2) is 55.2 Å². The average molecular weight is 392 g/mol. The van der Waals surface area contributed by atoms with Gasteiger partial charge in [-0.3, -0.25) is 9.59 Å². The number of hydrogen-bond donors (Lipinski definition) is 1. The molecule has 1 amide bonds. The van der Waals surface area contributed by atoms with E-state index in [1.54, 1.807) is 29.2 Å². The van der Waals surface area contributed by atoms with Gasteiger partial charge in [0.15, 0.2) is 6.04 Å². The average Bonchev–Trinajstić information content (AvgIpc) is 3.12. The summed E-state index contributed by atoms with van der Waals surface area (Å²) < 4.78 is 0. The van der Waals surface area contributed by atoms with Gasteiger partial charge in [0.05, 0.1) is 5.92 Å². The molecule has 3 rings (SSSR count). The van der Waals surface area contributed by atoms with Crippen LogP contribution in [-0.2, 0) is 9.59 Å². The summed E-state index contributed by atoms with van der Waals surface area (Å²) in [5.74, 6) is -1.03. The van der Waals surface area contributed by atoms with Gasteiger partial charge in [0.2, 0.25) is 11.7 Å². The Morgan fingerprint density at radius 1 is 1.30 bits per heavy atom. The first-order valence-electron chi connectivity index (χ1n) is 8.96. The molecular formula is C18H22ClN5O3. The lowest BCUT2D eigenvalue weighted by Crippen LogP contribution is -2.48. The maximum Gasteiger partial charge on any atom is 0.308 e. The molecule has 144 valence electrons. The Morgan fingerprint density at radius 3 is 2.63 bits per heavy atom. The molecule has 1 N–H and O–H groups in total. The summed E-state index contributed by atoms with van der Waals surface area (Å²) in [4.78, 5) is 27.3. The molecule has 8 nitrogen and oxygen atoms in total. The zero-order chi connectivity index (χ0) is 19.6. The molecule has 1 saturated heterocycles. The summed E-state index contributed by atoms with van der Waals surface area (Å²) in [6.45, 7) is 4.59. The molecule has 0 saturated carbocycles. The highest BCUT2D eigenvalue weighted by Gasteiger charge is 2.35. The molecule has 1 aromatic heterocycles. The van der Waals surface area contributed by atoms with Crippen LogP contribution in [0.4, 0.5) is 0 Å². The van der Waals surface area contributed by atoms with Crippen molar-refractivity contribution in [3.05, 3.63) is 29.3 Å². The van der Waals surface area contributed by atoms with E-state index >= 15 is 0 Å². The number of nitrogens with zero attached hydrogens (tertiary/aromatic N) is 5. The van der Waals surface area contributed by atoms with Crippen molar-refractivity contribution in [3.8, 4) is 11.4 Å². The molecule has 1 aliphatic heterocycles. The summed E-state index contributed by atoms with van der Waals surface area (Å²) in [6, 6.07) is 6.44. The van der Waals surface area contributed by atoms with Gasteiger partial charge in [-0.1, -0.05) is 25.4 Å². The van der Waals surface area contributed by atoms with Crippen molar-refractivity contribution in [2.45, 2.75) is 32.7 Å². The fourth-order valence-electron chi connectivity index (χ4n) is 3.43. The molecule has 3 unspecified atom stereocenters. The number of carboxylic acids is 1. The number of piperidine rings is 1. The number of amides is 1. The third-order valence-electron chi connectivity index (χ3n) is 4.80. The van der Waals surface area contributed by atoms with Crippen molar-refractivity contribution in [1.82, 2.24) is 25.1 Å². The summed E-state index contributed by atoms with van der Waals surface area (Å²) in [5.41, 5.74) is 0.755. The van der Waals surface area contributed by atoms with E-state index in [0.717, 1.165) is 5.56 Å². The molecule has 0 radical (unpaired) electrons. The molecule has 2 heterocycles. The Balaban J connectivity index is 1.79. The van der Waals surface area contributed by atoms with E-state index < -0.39 is 17.9 Å².